The first-order valence-corrected chi connectivity index (χ1v) is 7.02. The van der Waals surface area contributed by atoms with E-state index in [1.807, 2.05) is 6.92 Å². The van der Waals surface area contributed by atoms with Crippen LogP contribution in [-0.4, -0.2) is 48.8 Å². The first kappa shape index (κ1) is 15.4. The molecule has 1 N–H and O–H groups in total. The van der Waals surface area contributed by atoms with Gasteiger partial charge in [-0.15, -0.1) is 0 Å². The lowest BCUT2D eigenvalue weighted by atomic mass is 9.93. The number of nitriles is 1. The molecule has 0 aromatic carbocycles. The molecule has 3 atom stereocenters. The molecule has 1 fully saturated rings. The second kappa shape index (κ2) is 7.08. The molecule has 0 aromatic rings. The van der Waals surface area contributed by atoms with Crippen LogP contribution >= 0.6 is 0 Å². The van der Waals surface area contributed by atoms with Gasteiger partial charge in [0.05, 0.1) is 19.3 Å². The summed E-state index contributed by atoms with van der Waals surface area (Å²) in [4.78, 5) is 2.45. The van der Waals surface area contributed by atoms with Crippen molar-refractivity contribution in [1.29, 1.82) is 5.26 Å². The smallest absolute Gasteiger partial charge is 0.105 e. The Morgan fingerprint density at radius 3 is 2.89 bits per heavy atom. The minimum Gasteiger partial charge on any atom is -0.379 e. The average Bonchev–Trinajstić information content (AvgIpc) is 2.37. The molecule has 0 saturated carbocycles. The highest BCUT2D eigenvalue weighted by atomic mass is 16.5. The molecule has 0 amide bonds. The summed E-state index contributed by atoms with van der Waals surface area (Å²) in [7, 11) is 0. The Morgan fingerprint density at radius 2 is 2.33 bits per heavy atom. The molecule has 18 heavy (non-hydrogen) atoms. The van der Waals surface area contributed by atoms with Crippen molar-refractivity contribution in [3.05, 3.63) is 0 Å². The Balaban J connectivity index is 2.55. The number of nitrogens with one attached hydrogen (secondary N) is 1. The highest BCUT2D eigenvalue weighted by Gasteiger charge is 2.31. The van der Waals surface area contributed by atoms with Crippen molar-refractivity contribution >= 4 is 0 Å². The maximum atomic E-state index is 9.37. The van der Waals surface area contributed by atoms with E-state index in [0.29, 0.717) is 12.1 Å². The topological polar surface area (TPSA) is 48.3 Å². The van der Waals surface area contributed by atoms with Gasteiger partial charge in [-0.1, -0.05) is 6.92 Å². The van der Waals surface area contributed by atoms with Gasteiger partial charge in [-0.2, -0.15) is 5.26 Å². The minimum atomic E-state index is -0.423. The molecule has 104 valence electrons. The summed E-state index contributed by atoms with van der Waals surface area (Å²) in [6.07, 6.45) is 1.91. The first-order valence-electron chi connectivity index (χ1n) is 7.02. The Hall–Kier alpha value is -0.630. The highest BCUT2D eigenvalue weighted by Crippen LogP contribution is 2.19. The maximum Gasteiger partial charge on any atom is 0.105 e. The van der Waals surface area contributed by atoms with Crippen molar-refractivity contribution in [3.8, 4) is 6.07 Å². The molecule has 0 spiro atoms. The fraction of sp³-hybridized carbons (Fsp3) is 0.929. The summed E-state index contributed by atoms with van der Waals surface area (Å²) < 4.78 is 5.46. The van der Waals surface area contributed by atoms with Crippen LogP contribution in [0.2, 0.25) is 0 Å². The minimum absolute atomic E-state index is 0.401. The van der Waals surface area contributed by atoms with E-state index in [-0.39, 0.29) is 0 Å². The number of hydrogen-bond donors (Lipinski definition) is 1. The van der Waals surface area contributed by atoms with Gasteiger partial charge in [0, 0.05) is 18.6 Å². The highest BCUT2D eigenvalue weighted by molar-refractivity contribution is 5.05. The van der Waals surface area contributed by atoms with Crippen LogP contribution in [0.3, 0.4) is 0 Å². The van der Waals surface area contributed by atoms with Gasteiger partial charge in [-0.25, -0.2) is 0 Å². The summed E-state index contributed by atoms with van der Waals surface area (Å²) in [6, 6.07) is 3.28. The molecule has 0 aromatic heterocycles. The maximum absolute atomic E-state index is 9.37. The van der Waals surface area contributed by atoms with Gasteiger partial charge in [0.1, 0.15) is 5.54 Å². The zero-order valence-corrected chi connectivity index (χ0v) is 12.2. The zero-order chi connectivity index (χ0) is 13.6. The van der Waals surface area contributed by atoms with E-state index < -0.39 is 5.54 Å². The standard InChI is InChI=1S/C14H27N3O/c1-5-6-16-14(4,11-15)9-12(2)17-7-8-18-10-13(17)3/h12-13,16H,5-10H2,1-4H3. The van der Waals surface area contributed by atoms with E-state index >= 15 is 0 Å². The molecule has 0 radical (unpaired) electrons. The average molecular weight is 253 g/mol. The predicted molar refractivity (Wildman–Crippen MR) is 73.4 cm³/mol. The normalized spacial score (nSPS) is 26.3. The Labute approximate surface area is 111 Å². The van der Waals surface area contributed by atoms with Gasteiger partial charge in [-0.3, -0.25) is 10.2 Å². The molecule has 1 aliphatic heterocycles. The molecule has 1 aliphatic rings. The van der Waals surface area contributed by atoms with E-state index in [9.17, 15) is 5.26 Å². The van der Waals surface area contributed by atoms with Crippen LogP contribution in [0.25, 0.3) is 0 Å². The molecular formula is C14H27N3O. The summed E-state index contributed by atoms with van der Waals surface area (Å²) in [6.45, 7) is 12.0. The molecule has 1 saturated heterocycles. The quantitative estimate of drug-likeness (QED) is 0.783. The number of rotatable bonds is 6. The lowest BCUT2D eigenvalue weighted by Gasteiger charge is -2.40. The molecular weight excluding hydrogens is 226 g/mol. The van der Waals surface area contributed by atoms with Crippen LogP contribution in [-0.2, 0) is 4.74 Å². The van der Waals surface area contributed by atoms with Gasteiger partial charge < -0.3 is 4.74 Å². The molecule has 1 rings (SSSR count). The fourth-order valence-corrected chi connectivity index (χ4v) is 2.66. The van der Waals surface area contributed by atoms with Gasteiger partial charge in [0.15, 0.2) is 0 Å². The van der Waals surface area contributed by atoms with Crippen LogP contribution in [0.4, 0.5) is 0 Å². The van der Waals surface area contributed by atoms with Gasteiger partial charge in [0.25, 0.3) is 0 Å². The van der Waals surface area contributed by atoms with Crippen molar-refractivity contribution < 1.29 is 4.74 Å². The lowest BCUT2D eigenvalue weighted by Crippen LogP contribution is -2.53. The summed E-state index contributed by atoms with van der Waals surface area (Å²) >= 11 is 0. The Bertz CT molecular complexity index is 289. The zero-order valence-electron chi connectivity index (χ0n) is 12.2. The third-order valence-corrected chi connectivity index (χ3v) is 3.70. The third kappa shape index (κ3) is 4.24. The Morgan fingerprint density at radius 1 is 1.61 bits per heavy atom. The summed E-state index contributed by atoms with van der Waals surface area (Å²) in [5, 5.41) is 12.7. The van der Waals surface area contributed by atoms with E-state index in [1.54, 1.807) is 0 Å². The lowest BCUT2D eigenvalue weighted by molar-refractivity contribution is -0.0229. The third-order valence-electron chi connectivity index (χ3n) is 3.70. The molecule has 4 nitrogen and oxygen atoms in total. The monoisotopic (exact) mass is 253 g/mol. The van der Waals surface area contributed by atoms with E-state index in [2.05, 4.69) is 37.1 Å². The molecule has 4 heteroatoms. The second-order valence-electron chi connectivity index (χ2n) is 5.59. The molecule has 0 bridgehead atoms. The van der Waals surface area contributed by atoms with Crippen molar-refractivity contribution in [2.75, 3.05) is 26.3 Å². The van der Waals surface area contributed by atoms with E-state index in [1.165, 1.54) is 0 Å². The summed E-state index contributed by atoms with van der Waals surface area (Å²) in [5.74, 6) is 0. The summed E-state index contributed by atoms with van der Waals surface area (Å²) in [5.41, 5.74) is -0.423. The van der Waals surface area contributed by atoms with Crippen LogP contribution in [0.1, 0.15) is 40.5 Å². The van der Waals surface area contributed by atoms with E-state index in [4.69, 9.17) is 4.74 Å². The van der Waals surface area contributed by atoms with Crippen molar-refractivity contribution in [2.24, 2.45) is 0 Å². The van der Waals surface area contributed by atoms with Gasteiger partial charge >= 0.3 is 0 Å². The second-order valence-corrected chi connectivity index (χ2v) is 5.59. The largest absolute Gasteiger partial charge is 0.379 e. The van der Waals surface area contributed by atoms with Gasteiger partial charge in [-0.05, 0) is 40.2 Å². The number of nitrogens with zero attached hydrogens (tertiary/aromatic N) is 2. The number of morpholine rings is 1. The van der Waals surface area contributed by atoms with Crippen LogP contribution in [0, 0.1) is 11.3 Å². The van der Waals surface area contributed by atoms with Gasteiger partial charge in [0.2, 0.25) is 0 Å². The molecule has 1 heterocycles. The Kier molecular flexibility index (Phi) is 6.07. The number of ether oxygens (including phenoxy) is 1. The van der Waals surface area contributed by atoms with Crippen molar-refractivity contribution in [3.63, 3.8) is 0 Å². The first-order chi connectivity index (χ1) is 8.52. The molecule has 0 aliphatic carbocycles. The van der Waals surface area contributed by atoms with Crippen molar-refractivity contribution in [1.82, 2.24) is 10.2 Å². The molecule has 3 unspecified atom stereocenters. The van der Waals surface area contributed by atoms with E-state index in [0.717, 1.165) is 39.1 Å². The predicted octanol–water partition coefficient (Wildman–Crippen LogP) is 1.77. The SMILES string of the molecule is CCCNC(C)(C#N)CC(C)N1CCOCC1C. The van der Waals surface area contributed by atoms with Crippen LogP contribution in [0.5, 0.6) is 0 Å². The fourth-order valence-electron chi connectivity index (χ4n) is 2.66. The van der Waals surface area contributed by atoms with Crippen LogP contribution in [0.15, 0.2) is 0 Å². The number of hydrogen-bond acceptors (Lipinski definition) is 4. The van der Waals surface area contributed by atoms with Crippen molar-refractivity contribution in [2.45, 2.75) is 58.2 Å². The van der Waals surface area contributed by atoms with Crippen LogP contribution < -0.4 is 5.32 Å².